The lowest BCUT2D eigenvalue weighted by atomic mass is 9.99. The fourth-order valence-electron chi connectivity index (χ4n) is 2.81. The highest BCUT2D eigenvalue weighted by Gasteiger charge is 2.12. The van der Waals surface area contributed by atoms with E-state index in [4.69, 9.17) is 23.2 Å². The van der Waals surface area contributed by atoms with Gasteiger partial charge >= 0.3 is 0 Å². The smallest absolute Gasteiger partial charge is 0.251 e. The van der Waals surface area contributed by atoms with Gasteiger partial charge in [0.05, 0.1) is 6.10 Å². The van der Waals surface area contributed by atoms with Gasteiger partial charge < -0.3 is 10.4 Å². The Kier molecular flexibility index (Phi) is 5.59. The molecule has 0 bridgehead atoms. The summed E-state index contributed by atoms with van der Waals surface area (Å²) in [5.41, 5.74) is 1.26. The van der Waals surface area contributed by atoms with E-state index >= 15 is 0 Å². The summed E-state index contributed by atoms with van der Waals surface area (Å²) in [6.07, 6.45) is -0.247. The van der Waals surface area contributed by atoms with Crippen molar-refractivity contribution in [3.63, 3.8) is 0 Å². The van der Waals surface area contributed by atoms with Crippen molar-refractivity contribution >= 4 is 39.9 Å². The minimum absolute atomic E-state index is 0.269. The molecule has 3 nitrogen and oxygen atoms in total. The molecule has 0 aliphatic heterocycles. The molecule has 0 fully saturated rings. The van der Waals surface area contributed by atoms with Crippen LogP contribution in [-0.2, 0) is 0 Å². The highest BCUT2D eigenvalue weighted by Crippen LogP contribution is 2.26. The number of hydrogen-bond acceptors (Lipinski definition) is 2. The first-order valence-electron chi connectivity index (χ1n) is 7.94. The van der Waals surface area contributed by atoms with Gasteiger partial charge in [0.15, 0.2) is 0 Å². The number of amides is 1. The van der Waals surface area contributed by atoms with E-state index in [1.807, 2.05) is 42.5 Å². The first kappa shape index (κ1) is 17.7. The van der Waals surface area contributed by atoms with E-state index in [2.05, 4.69) is 5.32 Å². The third-order valence-corrected chi connectivity index (χ3v) is 4.45. The molecule has 0 radical (unpaired) electrons. The van der Waals surface area contributed by atoms with Gasteiger partial charge in [0.2, 0.25) is 0 Å². The average Bonchev–Trinajstić information content (AvgIpc) is 2.60. The number of aliphatic hydroxyl groups is 1. The summed E-state index contributed by atoms with van der Waals surface area (Å²) in [6, 6.07) is 18.4. The molecule has 3 aromatic carbocycles. The number of nitrogens with one attached hydrogen (secondary N) is 1. The molecule has 3 aromatic rings. The number of carbonyl (C=O) groups is 1. The van der Waals surface area contributed by atoms with Gasteiger partial charge in [0.25, 0.3) is 5.91 Å². The second kappa shape index (κ2) is 7.87. The van der Waals surface area contributed by atoms with Crippen LogP contribution in [0.3, 0.4) is 0 Å². The molecule has 1 amide bonds. The van der Waals surface area contributed by atoms with Gasteiger partial charge in [-0.25, -0.2) is 0 Å². The Labute approximate surface area is 156 Å². The summed E-state index contributed by atoms with van der Waals surface area (Å²) in [5.74, 6) is -0.269. The largest absolute Gasteiger partial charge is 0.388 e. The standard InChI is InChI=1S/C20H17Cl2NO2/c21-15-10-14(11-16(22)12-15)20(25)23-9-8-19(24)18-7-3-5-13-4-1-2-6-17(13)18/h1-7,10-12,19,24H,8-9H2,(H,23,25). The van der Waals surface area contributed by atoms with Crippen LogP contribution in [0, 0.1) is 0 Å². The second-order valence-corrected chi connectivity index (χ2v) is 6.66. The van der Waals surface area contributed by atoms with E-state index in [1.165, 1.54) is 0 Å². The number of carbonyl (C=O) groups excluding carboxylic acids is 1. The Bertz CT molecular complexity index is 886. The van der Waals surface area contributed by atoms with Gasteiger partial charge in [-0.15, -0.1) is 0 Å². The predicted molar refractivity (Wildman–Crippen MR) is 102 cm³/mol. The van der Waals surface area contributed by atoms with Crippen molar-refractivity contribution in [2.24, 2.45) is 0 Å². The first-order chi connectivity index (χ1) is 12.0. The molecule has 5 heteroatoms. The molecule has 0 aromatic heterocycles. The maximum absolute atomic E-state index is 12.2. The van der Waals surface area contributed by atoms with E-state index in [0.29, 0.717) is 28.6 Å². The van der Waals surface area contributed by atoms with Crippen LogP contribution in [0.1, 0.15) is 28.4 Å². The number of benzene rings is 3. The fourth-order valence-corrected chi connectivity index (χ4v) is 3.33. The van der Waals surface area contributed by atoms with E-state index in [1.54, 1.807) is 18.2 Å². The van der Waals surface area contributed by atoms with E-state index < -0.39 is 6.10 Å². The second-order valence-electron chi connectivity index (χ2n) is 5.79. The van der Waals surface area contributed by atoms with Gasteiger partial charge in [0, 0.05) is 22.2 Å². The molecule has 0 saturated heterocycles. The lowest BCUT2D eigenvalue weighted by molar-refractivity contribution is 0.0943. The number of fused-ring (bicyclic) bond motifs is 1. The van der Waals surface area contributed by atoms with Crippen molar-refractivity contribution in [1.29, 1.82) is 0 Å². The Morgan fingerprint density at radius 3 is 2.44 bits per heavy atom. The molecular weight excluding hydrogens is 357 g/mol. The molecule has 0 aliphatic rings. The van der Waals surface area contributed by atoms with Crippen LogP contribution >= 0.6 is 23.2 Å². The Balaban J connectivity index is 1.64. The van der Waals surface area contributed by atoms with E-state index in [9.17, 15) is 9.90 Å². The Morgan fingerprint density at radius 1 is 1.00 bits per heavy atom. The van der Waals surface area contributed by atoms with Crippen LogP contribution in [0.5, 0.6) is 0 Å². The zero-order valence-electron chi connectivity index (χ0n) is 13.4. The molecule has 0 spiro atoms. The number of rotatable bonds is 5. The number of halogens is 2. The summed E-state index contributed by atoms with van der Waals surface area (Å²) in [4.78, 5) is 12.2. The lowest BCUT2D eigenvalue weighted by Crippen LogP contribution is -2.25. The maximum Gasteiger partial charge on any atom is 0.251 e. The van der Waals surface area contributed by atoms with Crippen LogP contribution in [0.2, 0.25) is 10.0 Å². The molecule has 0 saturated carbocycles. The third kappa shape index (κ3) is 4.31. The van der Waals surface area contributed by atoms with Crippen LogP contribution in [0.25, 0.3) is 10.8 Å². The van der Waals surface area contributed by atoms with Gasteiger partial charge in [-0.05, 0) is 41.0 Å². The summed E-state index contributed by atoms with van der Waals surface area (Å²) >= 11 is 11.8. The zero-order chi connectivity index (χ0) is 17.8. The predicted octanol–water partition coefficient (Wildman–Crippen LogP) is 5.00. The number of aliphatic hydroxyl groups excluding tert-OH is 1. The Hall–Kier alpha value is -2.07. The van der Waals surface area contributed by atoms with Crippen molar-refractivity contribution in [1.82, 2.24) is 5.32 Å². The molecule has 0 heterocycles. The summed E-state index contributed by atoms with van der Waals surface area (Å²) < 4.78 is 0. The van der Waals surface area contributed by atoms with Crippen molar-refractivity contribution in [3.8, 4) is 0 Å². The van der Waals surface area contributed by atoms with Gasteiger partial charge in [-0.3, -0.25) is 4.79 Å². The fraction of sp³-hybridized carbons (Fsp3) is 0.150. The summed E-state index contributed by atoms with van der Waals surface area (Å²) in [6.45, 7) is 0.341. The van der Waals surface area contributed by atoms with Crippen LogP contribution in [-0.4, -0.2) is 17.6 Å². The minimum atomic E-state index is -0.658. The normalized spacial score (nSPS) is 12.1. The first-order valence-corrected chi connectivity index (χ1v) is 8.70. The van der Waals surface area contributed by atoms with Gasteiger partial charge in [-0.2, -0.15) is 0 Å². The molecule has 1 unspecified atom stereocenters. The van der Waals surface area contributed by atoms with Crippen LogP contribution < -0.4 is 5.32 Å². The average molecular weight is 374 g/mol. The monoisotopic (exact) mass is 373 g/mol. The maximum atomic E-state index is 12.2. The summed E-state index contributed by atoms with van der Waals surface area (Å²) in [7, 11) is 0. The molecule has 1 atom stereocenters. The van der Waals surface area contributed by atoms with Gasteiger partial charge in [0.1, 0.15) is 0 Å². The van der Waals surface area contributed by atoms with Crippen molar-refractivity contribution in [2.75, 3.05) is 6.54 Å². The molecule has 128 valence electrons. The molecule has 3 rings (SSSR count). The zero-order valence-corrected chi connectivity index (χ0v) is 14.9. The third-order valence-electron chi connectivity index (χ3n) is 4.01. The lowest BCUT2D eigenvalue weighted by Gasteiger charge is -2.14. The summed E-state index contributed by atoms with van der Waals surface area (Å²) in [5, 5.41) is 16.2. The highest BCUT2D eigenvalue weighted by molar-refractivity contribution is 6.35. The van der Waals surface area contributed by atoms with Crippen molar-refractivity contribution < 1.29 is 9.90 Å². The van der Waals surface area contributed by atoms with Crippen LogP contribution in [0.15, 0.2) is 60.7 Å². The minimum Gasteiger partial charge on any atom is -0.388 e. The van der Waals surface area contributed by atoms with E-state index in [0.717, 1.165) is 16.3 Å². The Morgan fingerprint density at radius 2 is 1.68 bits per heavy atom. The van der Waals surface area contributed by atoms with E-state index in [-0.39, 0.29) is 5.91 Å². The number of hydrogen-bond donors (Lipinski definition) is 2. The van der Waals surface area contributed by atoms with Crippen molar-refractivity contribution in [2.45, 2.75) is 12.5 Å². The topological polar surface area (TPSA) is 49.3 Å². The SMILES string of the molecule is O=C(NCCC(O)c1cccc2ccccc12)c1cc(Cl)cc(Cl)c1. The highest BCUT2D eigenvalue weighted by atomic mass is 35.5. The van der Waals surface area contributed by atoms with Crippen molar-refractivity contribution in [3.05, 3.63) is 81.8 Å². The van der Waals surface area contributed by atoms with Crippen LogP contribution in [0.4, 0.5) is 0 Å². The molecule has 25 heavy (non-hydrogen) atoms. The molecular formula is C20H17Cl2NO2. The van der Waals surface area contributed by atoms with Gasteiger partial charge in [-0.1, -0.05) is 65.7 Å². The quantitative estimate of drug-likeness (QED) is 0.660. The molecule has 0 aliphatic carbocycles. The molecule has 2 N–H and O–H groups in total.